The summed E-state index contributed by atoms with van der Waals surface area (Å²) < 4.78 is 0. The third kappa shape index (κ3) is 18.9. The van der Waals surface area contributed by atoms with Crippen LogP contribution in [0.3, 0.4) is 0 Å². The molecule has 0 rings (SSSR count). The zero-order valence-corrected chi connectivity index (χ0v) is 10.1. The molecule has 0 aliphatic heterocycles. The van der Waals surface area contributed by atoms with Crippen LogP contribution in [0.15, 0.2) is 0 Å². The maximum Gasteiger partial charge on any atom is 0.119 e. The Morgan fingerprint density at radius 2 is 1.31 bits per heavy atom. The van der Waals surface area contributed by atoms with E-state index in [0.29, 0.717) is 0 Å². The molecule has 0 atom stereocenters. The van der Waals surface area contributed by atoms with Gasteiger partial charge in [-0.25, -0.2) is 0 Å². The summed E-state index contributed by atoms with van der Waals surface area (Å²) in [4.78, 5) is 9.94. The molecule has 1 nitrogen and oxygen atoms in total. The maximum absolute atomic E-state index is 9.94. The van der Waals surface area contributed by atoms with Crippen molar-refractivity contribution in [1.29, 1.82) is 0 Å². The molecule has 3 heteroatoms. The summed E-state index contributed by atoms with van der Waals surface area (Å²) in [6.07, 6.45) is 10.8. The Balaban J connectivity index is -0.000000500. The number of hydrogen-bond acceptors (Lipinski definition) is 1. The summed E-state index contributed by atoms with van der Waals surface area (Å²) in [5.74, 6) is 0. The second-order valence-electron chi connectivity index (χ2n) is 3.08. The molecule has 0 aliphatic rings. The summed E-state index contributed by atoms with van der Waals surface area (Å²) in [5.41, 5.74) is 0. The molecule has 0 aliphatic carbocycles. The van der Waals surface area contributed by atoms with E-state index >= 15 is 0 Å². The molecule has 0 heterocycles. The lowest BCUT2D eigenvalue weighted by atomic mass is 10.1. The summed E-state index contributed by atoms with van der Waals surface area (Å²) in [7, 11) is 0. The Labute approximate surface area is 94.5 Å². The molecule has 0 aromatic heterocycles. The topological polar surface area (TPSA) is 17.1 Å². The molecule has 0 saturated heterocycles. The van der Waals surface area contributed by atoms with Crippen LogP contribution < -0.4 is 0 Å². The first-order valence-corrected chi connectivity index (χ1v) is 4.85. The predicted molar refractivity (Wildman–Crippen MR) is 63.2 cm³/mol. The van der Waals surface area contributed by atoms with Crippen molar-refractivity contribution in [1.82, 2.24) is 0 Å². The Bertz CT molecular complexity index is 87.0. The molecule has 0 aromatic rings. The van der Waals surface area contributed by atoms with E-state index in [1.54, 1.807) is 0 Å². The van der Waals surface area contributed by atoms with E-state index in [2.05, 4.69) is 6.92 Å². The molecule has 0 N–H and O–H groups in total. The predicted octanol–water partition coefficient (Wildman–Crippen LogP) is 4.17. The first-order valence-electron chi connectivity index (χ1n) is 4.85. The second-order valence-corrected chi connectivity index (χ2v) is 3.08. The van der Waals surface area contributed by atoms with Crippen LogP contribution in [-0.4, -0.2) is 6.29 Å². The van der Waals surface area contributed by atoms with E-state index in [4.69, 9.17) is 0 Å². The van der Waals surface area contributed by atoms with E-state index in [1.807, 2.05) is 0 Å². The molecular weight excluding hydrogens is 207 g/mol. The van der Waals surface area contributed by atoms with Crippen LogP contribution in [0, 0.1) is 0 Å². The summed E-state index contributed by atoms with van der Waals surface area (Å²) in [6.45, 7) is 2.23. The molecule has 0 bridgehead atoms. The van der Waals surface area contributed by atoms with E-state index in [0.717, 1.165) is 19.1 Å². The van der Waals surface area contributed by atoms with Crippen LogP contribution >= 0.6 is 24.8 Å². The van der Waals surface area contributed by atoms with Gasteiger partial charge in [0.1, 0.15) is 6.29 Å². The van der Waals surface area contributed by atoms with Crippen LogP contribution in [0.2, 0.25) is 0 Å². The van der Waals surface area contributed by atoms with Gasteiger partial charge in [0.2, 0.25) is 0 Å². The Morgan fingerprint density at radius 1 is 0.846 bits per heavy atom. The third-order valence-electron chi connectivity index (χ3n) is 1.93. The number of carbonyl (C=O) groups excluding carboxylic acids is 1. The smallest absolute Gasteiger partial charge is 0.119 e. The Kier molecular flexibility index (Phi) is 26.4. The molecule has 0 radical (unpaired) electrons. The lowest BCUT2D eigenvalue weighted by Crippen LogP contribution is -1.80. The molecule has 0 amide bonds. The van der Waals surface area contributed by atoms with Crippen molar-refractivity contribution in [3.05, 3.63) is 0 Å². The highest BCUT2D eigenvalue weighted by molar-refractivity contribution is 5.85. The van der Waals surface area contributed by atoms with Gasteiger partial charge < -0.3 is 4.79 Å². The van der Waals surface area contributed by atoms with Gasteiger partial charge in [-0.2, -0.15) is 0 Å². The number of rotatable bonds is 8. The van der Waals surface area contributed by atoms with Gasteiger partial charge in [0.15, 0.2) is 0 Å². The molecular formula is C10H22Cl2O. The van der Waals surface area contributed by atoms with Gasteiger partial charge in [0.05, 0.1) is 0 Å². The van der Waals surface area contributed by atoms with Gasteiger partial charge in [-0.15, -0.1) is 24.8 Å². The second kappa shape index (κ2) is 18.1. The van der Waals surface area contributed by atoms with Crippen LogP contribution in [-0.2, 0) is 4.79 Å². The summed E-state index contributed by atoms with van der Waals surface area (Å²) >= 11 is 0. The minimum atomic E-state index is 0. The molecule has 0 aromatic carbocycles. The molecule has 0 unspecified atom stereocenters. The van der Waals surface area contributed by atoms with Crippen molar-refractivity contribution in [3.8, 4) is 0 Å². The average molecular weight is 229 g/mol. The van der Waals surface area contributed by atoms with E-state index in [-0.39, 0.29) is 24.8 Å². The largest absolute Gasteiger partial charge is 0.303 e. The van der Waals surface area contributed by atoms with Crippen LogP contribution in [0.5, 0.6) is 0 Å². The zero-order valence-electron chi connectivity index (χ0n) is 8.46. The fourth-order valence-corrected chi connectivity index (χ4v) is 1.18. The maximum atomic E-state index is 9.94. The first kappa shape index (κ1) is 18.9. The average Bonchev–Trinajstić information content (AvgIpc) is 2.03. The van der Waals surface area contributed by atoms with Gasteiger partial charge in [0, 0.05) is 6.42 Å². The lowest BCUT2D eigenvalue weighted by Gasteiger charge is -1.97. The monoisotopic (exact) mass is 228 g/mol. The Hall–Kier alpha value is 0.250. The van der Waals surface area contributed by atoms with Gasteiger partial charge in [-0.1, -0.05) is 45.4 Å². The van der Waals surface area contributed by atoms with Gasteiger partial charge in [0.25, 0.3) is 0 Å². The molecule has 0 saturated carbocycles. The van der Waals surface area contributed by atoms with Gasteiger partial charge in [-0.3, -0.25) is 0 Å². The quantitative estimate of drug-likeness (QED) is 0.451. The first-order chi connectivity index (χ1) is 5.41. The third-order valence-corrected chi connectivity index (χ3v) is 1.93. The number of aldehydes is 1. The van der Waals surface area contributed by atoms with Crippen molar-refractivity contribution in [2.24, 2.45) is 0 Å². The van der Waals surface area contributed by atoms with Crippen LogP contribution in [0.25, 0.3) is 0 Å². The number of hydrogen-bond donors (Lipinski definition) is 0. The fourth-order valence-electron chi connectivity index (χ4n) is 1.18. The van der Waals surface area contributed by atoms with Crippen molar-refractivity contribution >= 4 is 31.1 Å². The Morgan fingerprint density at radius 3 is 1.77 bits per heavy atom. The normalized spacial score (nSPS) is 8.38. The minimum absolute atomic E-state index is 0. The van der Waals surface area contributed by atoms with Crippen molar-refractivity contribution in [2.75, 3.05) is 0 Å². The molecule has 82 valence electrons. The van der Waals surface area contributed by atoms with Gasteiger partial charge in [-0.05, 0) is 6.42 Å². The highest BCUT2D eigenvalue weighted by atomic mass is 35.5. The zero-order chi connectivity index (χ0) is 8.36. The summed E-state index contributed by atoms with van der Waals surface area (Å²) in [6, 6.07) is 0. The van der Waals surface area contributed by atoms with Crippen molar-refractivity contribution < 1.29 is 4.79 Å². The highest BCUT2D eigenvalue weighted by Gasteiger charge is 1.89. The standard InChI is InChI=1S/C10H20O.2ClH/c1-2-3-4-5-6-7-8-9-10-11;;/h10H,2-9H2,1H3;2*1H. The number of carbonyl (C=O) groups is 1. The number of halogens is 2. The van der Waals surface area contributed by atoms with E-state index in [1.165, 1.54) is 38.5 Å². The van der Waals surface area contributed by atoms with E-state index < -0.39 is 0 Å². The molecule has 0 fully saturated rings. The molecule has 13 heavy (non-hydrogen) atoms. The fraction of sp³-hybridized carbons (Fsp3) is 0.900. The highest BCUT2D eigenvalue weighted by Crippen LogP contribution is 2.07. The van der Waals surface area contributed by atoms with E-state index in [9.17, 15) is 4.79 Å². The SMILES string of the molecule is CCCCCCCCCC=O.Cl.Cl. The van der Waals surface area contributed by atoms with Crippen LogP contribution in [0.1, 0.15) is 58.3 Å². The van der Waals surface area contributed by atoms with Gasteiger partial charge >= 0.3 is 0 Å². The summed E-state index contributed by atoms with van der Waals surface area (Å²) in [5, 5.41) is 0. The van der Waals surface area contributed by atoms with Crippen molar-refractivity contribution in [3.63, 3.8) is 0 Å². The minimum Gasteiger partial charge on any atom is -0.303 e. The molecule has 0 spiro atoms. The number of unbranched alkanes of at least 4 members (excludes halogenated alkanes) is 7. The van der Waals surface area contributed by atoms with Crippen molar-refractivity contribution in [2.45, 2.75) is 58.3 Å². The lowest BCUT2D eigenvalue weighted by molar-refractivity contribution is -0.107. The van der Waals surface area contributed by atoms with Crippen LogP contribution in [0.4, 0.5) is 0 Å².